The first kappa shape index (κ1) is 11.5. The van der Waals surface area contributed by atoms with Gasteiger partial charge in [-0.15, -0.1) is 0 Å². The van der Waals surface area contributed by atoms with Gasteiger partial charge in [0.2, 0.25) is 0 Å². The van der Waals surface area contributed by atoms with E-state index < -0.39 is 0 Å². The van der Waals surface area contributed by atoms with Gasteiger partial charge >= 0.3 is 5.97 Å². The fourth-order valence-corrected chi connectivity index (χ4v) is 0.976. The Morgan fingerprint density at radius 2 is 1.73 bits per heavy atom. The van der Waals surface area contributed by atoms with Crippen LogP contribution in [0.3, 0.4) is 0 Å². The van der Waals surface area contributed by atoms with Crippen molar-refractivity contribution in [2.24, 2.45) is 0 Å². The second kappa shape index (κ2) is 5.35. The molecule has 1 aromatic rings. The van der Waals surface area contributed by atoms with Crippen LogP contribution in [0.2, 0.25) is 0 Å². The van der Waals surface area contributed by atoms with E-state index in [1.807, 2.05) is 39.0 Å². The van der Waals surface area contributed by atoms with Crippen LogP contribution in [-0.4, -0.2) is 12.6 Å². The molecule has 1 aromatic carbocycles. The number of hydrogen-bond acceptors (Lipinski definition) is 2. The third kappa shape index (κ3) is 3.58. The SMILES string of the molecule is CC(C)=C(C)COC(=O)c1ccccc1. The van der Waals surface area contributed by atoms with Crippen molar-refractivity contribution < 1.29 is 9.53 Å². The van der Waals surface area contributed by atoms with Crippen molar-refractivity contribution in [2.75, 3.05) is 6.61 Å². The Labute approximate surface area is 90.6 Å². The molecule has 0 fully saturated rings. The first-order valence-electron chi connectivity index (χ1n) is 4.96. The maximum absolute atomic E-state index is 11.5. The molecule has 0 aliphatic carbocycles. The van der Waals surface area contributed by atoms with Crippen LogP contribution in [0.5, 0.6) is 0 Å². The van der Waals surface area contributed by atoms with Gasteiger partial charge in [-0.05, 0) is 38.5 Å². The molecular formula is C13H16O2. The van der Waals surface area contributed by atoms with E-state index in [2.05, 4.69) is 0 Å². The number of carbonyl (C=O) groups excluding carboxylic acids is 1. The zero-order valence-corrected chi connectivity index (χ0v) is 9.41. The van der Waals surface area contributed by atoms with Crippen LogP contribution in [0, 0.1) is 0 Å². The molecule has 0 aliphatic rings. The molecule has 0 heterocycles. The quantitative estimate of drug-likeness (QED) is 0.558. The highest BCUT2D eigenvalue weighted by atomic mass is 16.5. The van der Waals surface area contributed by atoms with E-state index >= 15 is 0 Å². The number of esters is 1. The Bertz CT molecular complexity index is 359. The molecule has 2 nitrogen and oxygen atoms in total. The van der Waals surface area contributed by atoms with Gasteiger partial charge in [0.1, 0.15) is 6.61 Å². The fraction of sp³-hybridized carbons (Fsp3) is 0.308. The van der Waals surface area contributed by atoms with Gasteiger partial charge in [-0.25, -0.2) is 4.79 Å². The van der Waals surface area contributed by atoms with Crippen LogP contribution in [0.25, 0.3) is 0 Å². The monoisotopic (exact) mass is 204 g/mol. The zero-order chi connectivity index (χ0) is 11.3. The number of rotatable bonds is 3. The van der Waals surface area contributed by atoms with Crippen LogP contribution in [0.1, 0.15) is 31.1 Å². The normalized spacial score (nSPS) is 9.53. The van der Waals surface area contributed by atoms with E-state index in [0.29, 0.717) is 12.2 Å². The minimum Gasteiger partial charge on any atom is -0.458 e. The number of ether oxygens (including phenoxy) is 1. The Kier molecular flexibility index (Phi) is 4.10. The van der Waals surface area contributed by atoms with Gasteiger partial charge in [0.05, 0.1) is 5.56 Å². The Hall–Kier alpha value is -1.57. The van der Waals surface area contributed by atoms with E-state index in [9.17, 15) is 4.79 Å². The number of carbonyl (C=O) groups is 1. The lowest BCUT2D eigenvalue weighted by atomic mass is 10.2. The van der Waals surface area contributed by atoms with Crippen LogP contribution in [0.15, 0.2) is 41.5 Å². The lowest BCUT2D eigenvalue weighted by molar-refractivity contribution is 0.0539. The van der Waals surface area contributed by atoms with E-state index in [1.54, 1.807) is 12.1 Å². The Balaban J connectivity index is 2.55. The van der Waals surface area contributed by atoms with Crippen LogP contribution in [0.4, 0.5) is 0 Å². The molecule has 0 saturated carbocycles. The Morgan fingerprint density at radius 1 is 1.13 bits per heavy atom. The molecule has 0 radical (unpaired) electrons. The molecule has 0 aliphatic heterocycles. The van der Waals surface area contributed by atoms with Crippen LogP contribution in [-0.2, 0) is 4.74 Å². The van der Waals surface area contributed by atoms with E-state index in [-0.39, 0.29) is 5.97 Å². The summed E-state index contributed by atoms with van der Waals surface area (Å²) in [5, 5.41) is 0. The summed E-state index contributed by atoms with van der Waals surface area (Å²) in [5.41, 5.74) is 2.88. The van der Waals surface area contributed by atoms with Crippen molar-refractivity contribution >= 4 is 5.97 Å². The molecule has 0 bridgehead atoms. The first-order chi connectivity index (χ1) is 7.11. The lowest BCUT2D eigenvalue weighted by Crippen LogP contribution is -2.07. The standard InChI is InChI=1S/C13H16O2/c1-10(2)11(3)9-15-13(14)12-7-5-4-6-8-12/h4-8H,9H2,1-3H3. The molecule has 0 atom stereocenters. The average molecular weight is 204 g/mol. The first-order valence-corrected chi connectivity index (χ1v) is 4.96. The highest BCUT2D eigenvalue weighted by molar-refractivity contribution is 5.89. The maximum atomic E-state index is 11.5. The summed E-state index contributed by atoms with van der Waals surface area (Å²) >= 11 is 0. The molecule has 0 amide bonds. The van der Waals surface area contributed by atoms with Gasteiger partial charge in [0, 0.05) is 0 Å². The molecule has 0 spiro atoms. The smallest absolute Gasteiger partial charge is 0.338 e. The minimum atomic E-state index is -0.267. The summed E-state index contributed by atoms with van der Waals surface area (Å²) in [6, 6.07) is 9.02. The van der Waals surface area contributed by atoms with Crippen molar-refractivity contribution in [3.05, 3.63) is 47.0 Å². The second-order valence-electron chi connectivity index (χ2n) is 3.72. The minimum absolute atomic E-state index is 0.267. The summed E-state index contributed by atoms with van der Waals surface area (Å²) in [5.74, 6) is -0.267. The van der Waals surface area contributed by atoms with E-state index in [0.717, 1.165) is 5.57 Å². The highest BCUT2D eigenvalue weighted by Gasteiger charge is 2.05. The molecule has 15 heavy (non-hydrogen) atoms. The fourth-order valence-electron chi connectivity index (χ4n) is 0.976. The molecular weight excluding hydrogens is 188 g/mol. The molecule has 2 heteroatoms. The van der Waals surface area contributed by atoms with Crippen molar-refractivity contribution in [1.29, 1.82) is 0 Å². The summed E-state index contributed by atoms with van der Waals surface area (Å²) < 4.78 is 5.15. The number of hydrogen-bond donors (Lipinski definition) is 0. The third-order valence-corrected chi connectivity index (χ3v) is 2.28. The van der Waals surface area contributed by atoms with E-state index in [4.69, 9.17) is 4.74 Å². The largest absolute Gasteiger partial charge is 0.458 e. The topological polar surface area (TPSA) is 26.3 Å². The van der Waals surface area contributed by atoms with Crippen molar-refractivity contribution in [3.63, 3.8) is 0 Å². The summed E-state index contributed by atoms with van der Waals surface area (Å²) in [6.45, 7) is 6.35. The van der Waals surface area contributed by atoms with Crippen molar-refractivity contribution in [3.8, 4) is 0 Å². The Morgan fingerprint density at radius 3 is 2.27 bits per heavy atom. The summed E-state index contributed by atoms with van der Waals surface area (Å²) in [7, 11) is 0. The third-order valence-electron chi connectivity index (χ3n) is 2.28. The van der Waals surface area contributed by atoms with Crippen LogP contribution >= 0.6 is 0 Å². The van der Waals surface area contributed by atoms with Gasteiger partial charge in [0.15, 0.2) is 0 Å². The van der Waals surface area contributed by atoms with Gasteiger partial charge in [0.25, 0.3) is 0 Å². The molecule has 0 N–H and O–H groups in total. The van der Waals surface area contributed by atoms with Crippen LogP contribution < -0.4 is 0 Å². The van der Waals surface area contributed by atoms with Crippen molar-refractivity contribution in [1.82, 2.24) is 0 Å². The van der Waals surface area contributed by atoms with Gasteiger partial charge in [-0.2, -0.15) is 0 Å². The molecule has 0 unspecified atom stereocenters. The van der Waals surface area contributed by atoms with E-state index in [1.165, 1.54) is 5.57 Å². The maximum Gasteiger partial charge on any atom is 0.338 e. The average Bonchev–Trinajstić information content (AvgIpc) is 2.26. The molecule has 0 aromatic heterocycles. The van der Waals surface area contributed by atoms with Gasteiger partial charge < -0.3 is 4.74 Å². The highest BCUT2D eigenvalue weighted by Crippen LogP contribution is 2.05. The molecule has 1 rings (SSSR count). The predicted molar refractivity (Wildman–Crippen MR) is 60.8 cm³/mol. The summed E-state index contributed by atoms with van der Waals surface area (Å²) in [6.07, 6.45) is 0. The molecule has 80 valence electrons. The molecule has 0 saturated heterocycles. The summed E-state index contributed by atoms with van der Waals surface area (Å²) in [4.78, 5) is 11.5. The van der Waals surface area contributed by atoms with Gasteiger partial charge in [-0.3, -0.25) is 0 Å². The van der Waals surface area contributed by atoms with Gasteiger partial charge in [-0.1, -0.05) is 23.8 Å². The number of benzene rings is 1. The zero-order valence-electron chi connectivity index (χ0n) is 9.41. The van der Waals surface area contributed by atoms with Crippen molar-refractivity contribution in [2.45, 2.75) is 20.8 Å². The number of allylic oxidation sites excluding steroid dienone is 1. The predicted octanol–water partition coefficient (Wildman–Crippen LogP) is 3.20. The second-order valence-corrected chi connectivity index (χ2v) is 3.72. The lowest BCUT2D eigenvalue weighted by Gasteiger charge is -2.06.